The standard InChI is InChI=1S/C23H23N5O3/c1-16(29)26-19-11-12-28(15-19)21-9-8-18(14-24-21)27-23(30)17-7-10-22(25-13-17)31-20-5-3-2-4-6-20/h2-10,13-14,19H,11-12,15H2,1H3,(H,26,29)(H,27,30). The zero-order valence-corrected chi connectivity index (χ0v) is 17.1. The predicted molar refractivity (Wildman–Crippen MR) is 117 cm³/mol. The molecule has 8 nitrogen and oxygen atoms in total. The summed E-state index contributed by atoms with van der Waals surface area (Å²) in [5, 5.41) is 5.76. The zero-order valence-electron chi connectivity index (χ0n) is 17.1. The van der Waals surface area contributed by atoms with Gasteiger partial charge in [-0.15, -0.1) is 0 Å². The highest BCUT2D eigenvalue weighted by Gasteiger charge is 2.23. The zero-order chi connectivity index (χ0) is 21.6. The van der Waals surface area contributed by atoms with Crippen LogP contribution in [0.15, 0.2) is 67.0 Å². The lowest BCUT2D eigenvalue weighted by Crippen LogP contribution is -2.35. The fraction of sp³-hybridized carbons (Fsp3) is 0.217. The van der Waals surface area contributed by atoms with E-state index in [0.29, 0.717) is 22.9 Å². The number of nitrogens with one attached hydrogen (secondary N) is 2. The molecule has 3 heterocycles. The number of carbonyl (C=O) groups is 2. The van der Waals surface area contributed by atoms with Crippen LogP contribution in [0.4, 0.5) is 11.5 Å². The Morgan fingerprint density at radius 3 is 2.55 bits per heavy atom. The van der Waals surface area contributed by atoms with Crippen molar-refractivity contribution in [2.75, 3.05) is 23.3 Å². The second-order valence-corrected chi connectivity index (χ2v) is 7.29. The molecular formula is C23H23N5O3. The normalized spacial score (nSPS) is 15.4. The molecule has 1 aliphatic rings. The molecule has 0 radical (unpaired) electrons. The van der Waals surface area contributed by atoms with Gasteiger partial charge in [-0.3, -0.25) is 9.59 Å². The van der Waals surface area contributed by atoms with E-state index < -0.39 is 0 Å². The van der Waals surface area contributed by atoms with Gasteiger partial charge in [0.2, 0.25) is 11.8 Å². The van der Waals surface area contributed by atoms with E-state index in [-0.39, 0.29) is 17.9 Å². The molecule has 3 aromatic rings. The first kappa shape index (κ1) is 20.3. The number of nitrogens with zero attached hydrogens (tertiary/aromatic N) is 3. The van der Waals surface area contributed by atoms with Gasteiger partial charge < -0.3 is 20.3 Å². The molecule has 1 saturated heterocycles. The van der Waals surface area contributed by atoms with Gasteiger partial charge in [0.05, 0.1) is 17.4 Å². The Morgan fingerprint density at radius 1 is 1.03 bits per heavy atom. The maximum absolute atomic E-state index is 12.5. The number of carbonyl (C=O) groups excluding carboxylic acids is 2. The average molecular weight is 417 g/mol. The minimum Gasteiger partial charge on any atom is -0.439 e. The van der Waals surface area contributed by atoms with Gasteiger partial charge in [-0.1, -0.05) is 18.2 Å². The first-order valence-corrected chi connectivity index (χ1v) is 10.1. The van der Waals surface area contributed by atoms with Crippen molar-refractivity contribution in [3.05, 3.63) is 72.6 Å². The van der Waals surface area contributed by atoms with Gasteiger partial charge in [0.15, 0.2) is 0 Å². The molecule has 0 saturated carbocycles. The fourth-order valence-corrected chi connectivity index (χ4v) is 3.41. The van der Waals surface area contributed by atoms with Crippen molar-refractivity contribution < 1.29 is 14.3 Å². The van der Waals surface area contributed by atoms with E-state index in [1.807, 2.05) is 42.5 Å². The quantitative estimate of drug-likeness (QED) is 0.639. The molecule has 0 aliphatic carbocycles. The number of para-hydroxylation sites is 1. The Labute approximate surface area is 180 Å². The van der Waals surface area contributed by atoms with Crippen molar-refractivity contribution in [3.63, 3.8) is 0 Å². The Kier molecular flexibility index (Phi) is 6.07. The topological polar surface area (TPSA) is 96.5 Å². The average Bonchev–Trinajstić information content (AvgIpc) is 3.23. The maximum atomic E-state index is 12.5. The van der Waals surface area contributed by atoms with Gasteiger partial charge in [0.25, 0.3) is 5.91 Å². The number of aromatic nitrogens is 2. The van der Waals surface area contributed by atoms with Gasteiger partial charge in [-0.05, 0) is 36.8 Å². The van der Waals surface area contributed by atoms with Crippen molar-refractivity contribution >= 4 is 23.3 Å². The minimum atomic E-state index is -0.278. The molecule has 1 atom stereocenters. The van der Waals surface area contributed by atoms with Crippen LogP contribution < -0.4 is 20.3 Å². The second kappa shape index (κ2) is 9.25. The van der Waals surface area contributed by atoms with Crippen molar-refractivity contribution in [1.29, 1.82) is 0 Å². The monoisotopic (exact) mass is 417 g/mol. The number of hydrogen-bond donors (Lipinski definition) is 2. The van der Waals surface area contributed by atoms with Gasteiger partial charge in [-0.25, -0.2) is 9.97 Å². The third-order valence-corrected chi connectivity index (χ3v) is 4.89. The van der Waals surface area contributed by atoms with Crippen LogP contribution in [0.2, 0.25) is 0 Å². The summed E-state index contributed by atoms with van der Waals surface area (Å²) in [6.07, 6.45) is 3.98. The number of amides is 2. The third kappa shape index (κ3) is 5.36. The molecule has 1 aromatic carbocycles. The molecule has 0 bridgehead atoms. The summed E-state index contributed by atoms with van der Waals surface area (Å²) in [6.45, 7) is 3.08. The van der Waals surface area contributed by atoms with Crippen molar-refractivity contribution in [3.8, 4) is 11.6 Å². The van der Waals surface area contributed by atoms with Gasteiger partial charge in [-0.2, -0.15) is 0 Å². The Bertz CT molecular complexity index is 1040. The summed E-state index contributed by atoms with van der Waals surface area (Å²) in [5.74, 6) is 1.61. The van der Waals surface area contributed by atoms with Crippen molar-refractivity contribution in [2.24, 2.45) is 0 Å². The van der Waals surface area contributed by atoms with Gasteiger partial charge >= 0.3 is 0 Å². The molecule has 31 heavy (non-hydrogen) atoms. The molecule has 158 valence electrons. The first-order chi connectivity index (χ1) is 15.1. The molecule has 1 aliphatic heterocycles. The van der Waals surface area contributed by atoms with Crippen LogP contribution in [-0.2, 0) is 4.79 Å². The molecule has 0 spiro atoms. The lowest BCUT2D eigenvalue weighted by atomic mass is 10.2. The van der Waals surface area contributed by atoms with Crippen molar-refractivity contribution in [1.82, 2.24) is 15.3 Å². The van der Waals surface area contributed by atoms with E-state index in [2.05, 4.69) is 25.5 Å². The molecule has 1 unspecified atom stereocenters. The highest BCUT2D eigenvalue weighted by atomic mass is 16.5. The summed E-state index contributed by atoms with van der Waals surface area (Å²) in [7, 11) is 0. The first-order valence-electron chi connectivity index (χ1n) is 10.1. The summed E-state index contributed by atoms with van der Waals surface area (Å²) in [4.78, 5) is 34.5. The molecule has 2 N–H and O–H groups in total. The van der Waals surface area contributed by atoms with E-state index in [0.717, 1.165) is 25.3 Å². The molecule has 2 aromatic heterocycles. The molecule has 8 heteroatoms. The predicted octanol–water partition coefficient (Wildman–Crippen LogP) is 3.24. The Balaban J connectivity index is 1.33. The highest BCUT2D eigenvalue weighted by Crippen LogP contribution is 2.21. The van der Waals surface area contributed by atoms with Crippen LogP contribution in [0.3, 0.4) is 0 Å². The molecule has 2 amide bonds. The van der Waals surface area contributed by atoms with Crippen LogP contribution in [0.1, 0.15) is 23.7 Å². The van der Waals surface area contributed by atoms with Crippen LogP contribution in [0.25, 0.3) is 0 Å². The minimum absolute atomic E-state index is 0.0213. The second-order valence-electron chi connectivity index (χ2n) is 7.29. The smallest absolute Gasteiger partial charge is 0.257 e. The Hall–Kier alpha value is -3.94. The lowest BCUT2D eigenvalue weighted by Gasteiger charge is -2.18. The van der Waals surface area contributed by atoms with Crippen LogP contribution in [0.5, 0.6) is 11.6 Å². The van der Waals surface area contributed by atoms with Crippen LogP contribution in [-0.4, -0.2) is 40.9 Å². The lowest BCUT2D eigenvalue weighted by molar-refractivity contribution is -0.119. The number of hydrogen-bond acceptors (Lipinski definition) is 6. The Morgan fingerprint density at radius 2 is 1.87 bits per heavy atom. The number of pyridine rings is 2. The summed E-state index contributed by atoms with van der Waals surface area (Å²) < 4.78 is 5.64. The van der Waals surface area contributed by atoms with Gasteiger partial charge in [0.1, 0.15) is 11.6 Å². The van der Waals surface area contributed by atoms with E-state index >= 15 is 0 Å². The molecule has 1 fully saturated rings. The van der Waals surface area contributed by atoms with E-state index in [1.165, 1.54) is 13.1 Å². The largest absolute Gasteiger partial charge is 0.439 e. The number of benzene rings is 1. The summed E-state index contributed by atoms with van der Waals surface area (Å²) in [5.41, 5.74) is 1.01. The number of rotatable bonds is 6. The highest BCUT2D eigenvalue weighted by molar-refractivity contribution is 6.04. The SMILES string of the molecule is CC(=O)NC1CCN(c2ccc(NC(=O)c3ccc(Oc4ccccc4)nc3)cn2)C1. The van der Waals surface area contributed by atoms with Crippen LogP contribution >= 0.6 is 0 Å². The van der Waals surface area contributed by atoms with Gasteiger partial charge in [0, 0.05) is 38.3 Å². The van der Waals surface area contributed by atoms with Crippen LogP contribution in [0, 0.1) is 0 Å². The van der Waals surface area contributed by atoms with Crippen molar-refractivity contribution in [2.45, 2.75) is 19.4 Å². The third-order valence-electron chi connectivity index (χ3n) is 4.89. The summed E-state index contributed by atoms with van der Waals surface area (Å²) >= 11 is 0. The number of anilines is 2. The molecule has 4 rings (SSSR count). The summed E-state index contributed by atoms with van der Waals surface area (Å²) in [6, 6.07) is 16.5. The fourth-order valence-electron chi connectivity index (χ4n) is 3.41. The molecular weight excluding hydrogens is 394 g/mol. The van der Waals surface area contributed by atoms with E-state index in [9.17, 15) is 9.59 Å². The maximum Gasteiger partial charge on any atom is 0.257 e. The number of ether oxygens (including phenoxy) is 1. The van der Waals surface area contributed by atoms with E-state index in [1.54, 1.807) is 18.3 Å². The van der Waals surface area contributed by atoms with E-state index in [4.69, 9.17) is 4.74 Å².